The van der Waals surface area contributed by atoms with Gasteiger partial charge in [-0.25, -0.2) is 15.0 Å². The van der Waals surface area contributed by atoms with E-state index in [1.807, 2.05) is 24.3 Å². The van der Waals surface area contributed by atoms with Crippen LogP contribution in [0.4, 0.5) is 5.69 Å². The second-order valence-corrected chi connectivity index (χ2v) is 7.93. The summed E-state index contributed by atoms with van der Waals surface area (Å²) in [7, 11) is 1.69. The molecular formula is C22H20N6OS. The molecule has 1 aliphatic heterocycles. The van der Waals surface area contributed by atoms with Crippen molar-refractivity contribution in [3.8, 4) is 5.75 Å². The van der Waals surface area contributed by atoms with Gasteiger partial charge in [-0.3, -0.25) is 4.99 Å². The van der Waals surface area contributed by atoms with Crippen LogP contribution in [0.25, 0.3) is 17.4 Å². The molecule has 8 heteroatoms. The maximum Gasteiger partial charge on any atom is 0.181 e. The minimum Gasteiger partial charge on any atom is -0.495 e. The van der Waals surface area contributed by atoms with E-state index in [4.69, 9.17) is 9.73 Å². The number of nitrogens with one attached hydrogen (secondary N) is 1. The van der Waals surface area contributed by atoms with Gasteiger partial charge >= 0.3 is 0 Å². The van der Waals surface area contributed by atoms with E-state index in [9.17, 15) is 0 Å². The summed E-state index contributed by atoms with van der Waals surface area (Å²) < 4.78 is 5.63. The van der Waals surface area contributed by atoms with Gasteiger partial charge in [0.25, 0.3) is 0 Å². The zero-order valence-electron chi connectivity index (χ0n) is 16.6. The average molecular weight is 417 g/mol. The van der Waals surface area contributed by atoms with Crippen LogP contribution in [0.5, 0.6) is 5.75 Å². The number of H-pyrrole nitrogens is 1. The molecule has 1 N–H and O–H groups in total. The number of aromatic amines is 1. The van der Waals surface area contributed by atoms with Crippen molar-refractivity contribution in [1.29, 1.82) is 0 Å². The minimum absolute atomic E-state index is 0.117. The molecule has 7 nitrogen and oxygen atoms in total. The Morgan fingerprint density at radius 1 is 1.10 bits per heavy atom. The SMILES string of the molecule is COc1ccccc1N1C=c2c(C)cccc2=NC1CSc1ncnc2nc[nH]c12. The van der Waals surface area contributed by atoms with Crippen molar-refractivity contribution in [2.24, 2.45) is 4.99 Å². The number of imidazole rings is 1. The standard InChI is InChI=1S/C22H20N6OS/c1-14-6-5-7-16-15(14)10-28(17-8-3-4-9-18(17)29-2)19(27-16)11-30-22-20-21(24-12-23-20)25-13-26-22/h3-10,12-13,19H,11H2,1-2H3,(H,23,24,25,26). The summed E-state index contributed by atoms with van der Waals surface area (Å²) in [5.74, 6) is 1.52. The van der Waals surface area contributed by atoms with E-state index in [1.165, 1.54) is 5.56 Å². The Morgan fingerprint density at radius 3 is 2.90 bits per heavy atom. The second-order valence-electron chi connectivity index (χ2n) is 6.92. The van der Waals surface area contributed by atoms with Crippen LogP contribution in [-0.4, -0.2) is 39.0 Å². The largest absolute Gasteiger partial charge is 0.495 e. The first-order valence-electron chi connectivity index (χ1n) is 9.58. The molecule has 0 saturated carbocycles. The van der Waals surface area contributed by atoms with Crippen LogP contribution >= 0.6 is 11.8 Å². The summed E-state index contributed by atoms with van der Waals surface area (Å²) in [5, 5.41) is 2.99. The van der Waals surface area contributed by atoms with Crippen molar-refractivity contribution in [1.82, 2.24) is 19.9 Å². The monoisotopic (exact) mass is 416 g/mol. The molecule has 1 atom stereocenters. The number of rotatable bonds is 5. The van der Waals surface area contributed by atoms with Crippen molar-refractivity contribution < 1.29 is 4.74 Å². The van der Waals surface area contributed by atoms with Gasteiger partial charge in [-0.1, -0.05) is 36.0 Å². The fourth-order valence-electron chi connectivity index (χ4n) is 3.59. The molecule has 0 fully saturated rings. The lowest BCUT2D eigenvalue weighted by Gasteiger charge is -2.31. The first kappa shape index (κ1) is 18.6. The van der Waals surface area contributed by atoms with Crippen LogP contribution in [0, 0.1) is 6.92 Å². The lowest BCUT2D eigenvalue weighted by Crippen LogP contribution is -2.44. The molecule has 2 aromatic heterocycles. The number of anilines is 1. The molecule has 150 valence electrons. The number of aryl methyl sites for hydroxylation is 1. The van der Waals surface area contributed by atoms with Crippen molar-refractivity contribution >= 4 is 34.8 Å². The highest BCUT2D eigenvalue weighted by atomic mass is 32.2. The zero-order chi connectivity index (χ0) is 20.5. The number of hydrogen-bond acceptors (Lipinski definition) is 7. The molecule has 0 amide bonds. The van der Waals surface area contributed by atoms with Gasteiger partial charge in [0, 0.05) is 17.2 Å². The first-order chi connectivity index (χ1) is 14.7. The molecule has 0 bridgehead atoms. The molecule has 0 aliphatic carbocycles. The van der Waals surface area contributed by atoms with E-state index < -0.39 is 0 Å². The number of para-hydroxylation sites is 2. The molecule has 2 aromatic carbocycles. The Kier molecular flexibility index (Phi) is 4.84. The smallest absolute Gasteiger partial charge is 0.181 e. The summed E-state index contributed by atoms with van der Waals surface area (Å²) in [6, 6.07) is 14.2. The summed E-state index contributed by atoms with van der Waals surface area (Å²) in [5.41, 5.74) is 3.69. The van der Waals surface area contributed by atoms with Gasteiger partial charge in [0.05, 0.1) is 24.5 Å². The molecule has 0 spiro atoms. The molecule has 4 aromatic rings. The third kappa shape index (κ3) is 3.29. The normalized spacial score (nSPS) is 15.4. The van der Waals surface area contributed by atoms with Crippen molar-refractivity contribution in [3.63, 3.8) is 0 Å². The maximum atomic E-state index is 5.63. The lowest BCUT2D eigenvalue weighted by molar-refractivity contribution is 0.414. The third-order valence-corrected chi connectivity index (χ3v) is 6.15. The van der Waals surface area contributed by atoms with Crippen LogP contribution < -0.4 is 20.2 Å². The average Bonchev–Trinajstić information content (AvgIpc) is 3.27. The number of methoxy groups -OCH3 is 1. The number of nitrogens with zero attached hydrogens (tertiary/aromatic N) is 5. The van der Waals surface area contributed by atoms with Gasteiger partial charge in [0.15, 0.2) is 5.65 Å². The molecular weight excluding hydrogens is 396 g/mol. The van der Waals surface area contributed by atoms with Crippen molar-refractivity contribution in [2.75, 3.05) is 17.8 Å². The van der Waals surface area contributed by atoms with E-state index >= 15 is 0 Å². The molecule has 30 heavy (non-hydrogen) atoms. The Bertz CT molecular complexity index is 1330. The minimum atomic E-state index is -0.117. The van der Waals surface area contributed by atoms with Gasteiger partial charge in [0.1, 0.15) is 28.8 Å². The van der Waals surface area contributed by atoms with Crippen LogP contribution in [-0.2, 0) is 0 Å². The van der Waals surface area contributed by atoms with Gasteiger partial charge in [-0.2, -0.15) is 0 Å². The van der Waals surface area contributed by atoms with E-state index in [0.29, 0.717) is 11.4 Å². The zero-order valence-corrected chi connectivity index (χ0v) is 17.4. The molecule has 0 radical (unpaired) electrons. The Morgan fingerprint density at radius 2 is 2.00 bits per heavy atom. The number of fused-ring (bicyclic) bond motifs is 2. The first-order valence-corrected chi connectivity index (χ1v) is 10.6. The Balaban J connectivity index is 1.56. The highest BCUT2D eigenvalue weighted by Gasteiger charge is 2.23. The summed E-state index contributed by atoms with van der Waals surface area (Å²) in [4.78, 5) is 23.2. The Hall–Kier alpha value is -3.39. The highest BCUT2D eigenvalue weighted by molar-refractivity contribution is 7.99. The van der Waals surface area contributed by atoms with Crippen LogP contribution in [0.3, 0.4) is 0 Å². The maximum absolute atomic E-state index is 5.63. The molecule has 1 unspecified atom stereocenters. The number of thioether (sulfide) groups is 1. The topological polar surface area (TPSA) is 79.3 Å². The van der Waals surface area contributed by atoms with E-state index in [0.717, 1.165) is 32.6 Å². The van der Waals surface area contributed by atoms with Gasteiger partial charge in [-0.15, -0.1) is 0 Å². The van der Waals surface area contributed by atoms with Crippen LogP contribution in [0.1, 0.15) is 5.56 Å². The molecule has 5 rings (SSSR count). The number of hydrogen-bond donors (Lipinski definition) is 1. The van der Waals surface area contributed by atoms with Crippen molar-refractivity contribution in [2.45, 2.75) is 18.1 Å². The number of ether oxygens (including phenoxy) is 1. The molecule has 0 saturated heterocycles. The summed E-state index contributed by atoms with van der Waals surface area (Å²) in [6.07, 6.45) is 5.25. The lowest BCUT2D eigenvalue weighted by atomic mass is 10.1. The second kappa shape index (κ2) is 7.79. The summed E-state index contributed by atoms with van der Waals surface area (Å²) in [6.45, 7) is 2.11. The van der Waals surface area contributed by atoms with Gasteiger partial charge in [0.2, 0.25) is 0 Å². The molecule has 1 aliphatic rings. The van der Waals surface area contributed by atoms with E-state index in [1.54, 1.807) is 31.5 Å². The quantitative estimate of drug-likeness (QED) is 0.398. The highest BCUT2D eigenvalue weighted by Crippen LogP contribution is 2.32. The fourth-order valence-corrected chi connectivity index (χ4v) is 4.55. The van der Waals surface area contributed by atoms with E-state index in [2.05, 4.69) is 56.2 Å². The predicted molar refractivity (Wildman–Crippen MR) is 118 cm³/mol. The van der Waals surface area contributed by atoms with Crippen LogP contribution in [0.2, 0.25) is 0 Å². The Labute approximate surface area is 177 Å². The summed E-state index contributed by atoms with van der Waals surface area (Å²) >= 11 is 1.63. The van der Waals surface area contributed by atoms with Gasteiger partial charge < -0.3 is 14.6 Å². The molecule has 3 heterocycles. The van der Waals surface area contributed by atoms with Crippen LogP contribution in [0.15, 0.2) is 65.1 Å². The van der Waals surface area contributed by atoms with Crippen molar-refractivity contribution in [3.05, 3.63) is 71.3 Å². The van der Waals surface area contributed by atoms with Gasteiger partial charge in [-0.05, 0) is 30.7 Å². The number of benzene rings is 2. The van der Waals surface area contributed by atoms with E-state index in [-0.39, 0.29) is 6.17 Å². The number of aromatic nitrogens is 4. The fraction of sp³-hybridized carbons (Fsp3) is 0.182. The predicted octanol–water partition coefficient (Wildman–Crippen LogP) is 2.67. The third-order valence-electron chi connectivity index (χ3n) is 5.10.